The number of nitrogens with zero attached hydrogens (tertiary/aromatic N) is 4. The molecule has 0 spiro atoms. The van der Waals surface area contributed by atoms with Crippen molar-refractivity contribution >= 4 is 11.5 Å². The van der Waals surface area contributed by atoms with Crippen LogP contribution in [0.3, 0.4) is 0 Å². The molecule has 0 unspecified atom stereocenters. The number of nitro groups is 1. The fourth-order valence-corrected chi connectivity index (χ4v) is 2.66. The highest BCUT2D eigenvalue weighted by atomic mass is 16.6. The molecule has 0 atom stereocenters. The number of pyridine rings is 1. The zero-order valence-electron chi connectivity index (χ0n) is 12.2. The van der Waals surface area contributed by atoms with Gasteiger partial charge < -0.3 is 10.0 Å². The summed E-state index contributed by atoms with van der Waals surface area (Å²) in [7, 11) is 0. The Balaban J connectivity index is 1.93. The number of nitriles is 1. The molecule has 1 N–H and O–H groups in total. The first kappa shape index (κ1) is 14.9. The summed E-state index contributed by atoms with van der Waals surface area (Å²) in [6.45, 7) is 0.583. The van der Waals surface area contributed by atoms with Crippen LogP contribution in [0.15, 0.2) is 42.5 Å². The van der Waals surface area contributed by atoms with Crippen LogP contribution >= 0.6 is 0 Å². The van der Waals surface area contributed by atoms with Crippen LogP contribution in [-0.4, -0.2) is 33.7 Å². The molecule has 23 heavy (non-hydrogen) atoms. The van der Waals surface area contributed by atoms with E-state index in [1.165, 1.54) is 6.07 Å². The minimum absolute atomic E-state index is 0.0576. The van der Waals surface area contributed by atoms with Crippen LogP contribution in [0, 0.1) is 21.4 Å². The van der Waals surface area contributed by atoms with E-state index in [1.807, 2.05) is 12.1 Å². The predicted octanol–water partition coefficient (Wildman–Crippen LogP) is 2.12. The van der Waals surface area contributed by atoms with Gasteiger partial charge in [-0.3, -0.25) is 10.1 Å². The molecule has 0 saturated carbocycles. The van der Waals surface area contributed by atoms with Gasteiger partial charge in [0.1, 0.15) is 11.4 Å². The summed E-state index contributed by atoms with van der Waals surface area (Å²) in [5, 5.41) is 30.0. The highest BCUT2D eigenvalue weighted by Crippen LogP contribution is 2.34. The highest BCUT2D eigenvalue weighted by molar-refractivity contribution is 5.71. The summed E-state index contributed by atoms with van der Waals surface area (Å²) >= 11 is 0. The smallest absolute Gasteiger partial charge is 0.295 e. The van der Waals surface area contributed by atoms with E-state index in [-0.39, 0.29) is 12.1 Å². The Bertz CT molecular complexity index is 780. The maximum Gasteiger partial charge on any atom is 0.295 e. The molecule has 3 rings (SSSR count). The van der Waals surface area contributed by atoms with Gasteiger partial charge >= 0.3 is 0 Å². The molecule has 1 aliphatic heterocycles. The molecule has 1 fully saturated rings. The number of rotatable bonds is 4. The molecular formula is C16H14N4O3. The Kier molecular flexibility index (Phi) is 3.68. The third-order valence-corrected chi connectivity index (χ3v) is 3.81. The Labute approximate surface area is 132 Å². The minimum Gasteiger partial charge on any atom is -0.385 e. The quantitative estimate of drug-likeness (QED) is 0.685. The fraction of sp³-hybridized carbons (Fsp3) is 0.250. The van der Waals surface area contributed by atoms with E-state index in [1.54, 1.807) is 35.2 Å². The van der Waals surface area contributed by atoms with Gasteiger partial charge in [0.25, 0.3) is 5.69 Å². The molecule has 7 heteroatoms. The topological polar surface area (TPSA) is 103 Å². The lowest BCUT2D eigenvalue weighted by molar-refractivity contribution is -0.384. The third-order valence-electron chi connectivity index (χ3n) is 3.81. The second kappa shape index (κ2) is 5.66. The molecule has 7 nitrogen and oxygen atoms in total. The van der Waals surface area contributed by atoms with E-state index in [0.29, 0.717) is 30.2 Å². The van der Waals surface area contributed by atoms with Crippen LogP contribution in [0.25, 0.3) is 11.3 Å². The van der Waals surface area contributed by atoms with E-state index < -0.39 is 10.5 Å². The van der Waals surface area contributed by atoms with E-state index in [0.717, 1.165) is 0 Å². The average molecular weight is 310 g/mol. The standard InChI is InChI=1S/C16H14N4O3/c17-9-8-16(21)10-19(11-16)14-7-6-13(20(22)23)15(18-14)12-4-2-1-3-5-12/h1-7,21H,8,10-11H2. The summed E-state index contributed by atoms with van der Waals surface area (Å²) in [5.41, 5.74) is -0.129. The van der Waals surface area contributed by atoms with E-state index >= 15 is 0 Å². The lowest BCUT2D eigenvalue weighted by atomic mass is 9.91. The second-order valence-electron chi connectivity index (χ2n) is 5.58. The molecule has 1 aromatic heterocycles. The normalized spacial score (nSPS) is 15.6. The number of hydrogen-bond donors (Lipinski definition) is 1. The number of hydrogen-bond acceptors (Lipinski definition) is 6. The molecule has 1 aliphatic rings. The van der Waals surface area contributed by atoms with Gasteiger partial charge in [0.2, 0.25) is 0 Å². The lowest BCUT2D eigenvalue weighted by Crippen LogP contribution is -2.62. The first-order chi connectivity index (χ1) is 11.0. The summed E-state index contributed by atoms with van der Waals surface area (Å²) in [6, 6.07) is 13.9. The summed E-state index contributed by atoms with van der Waals surface area (Å²) in [5.74, 6) is 0.553. The van der Waals surface area contributed by atoms with Crippen LogP contribution in [0.2, 0.25) is 0 Å². The number of benzene rings is 1. The first-order valence-corrected chi connectivity index (χ1v) is 7.07. The molecule has 2 aromatic rings. The van der Waals surface area contributed by atoms with Crippen LogP contribution in [0.1, 0.15) is 6.42 Å². The molecular weight excluding hydrogens is 296 g/mol. The number of aromatic nitrogens is 1. The minimum atomic E-state index is -1.02. The summed E-state index contributed by atoms with van der Waals surface area (Å²) in [4.78, 5) is 17.0. The van der Waals surface area contributed by atoms with Crippen molar-refractivity contribution in [1.29, 1.82) is 5.26 Å². The van der Waals surface area contributed by atoms with Crippen LogP contribution in [0.4, 0.5) is 11.5 Å². The SMILES string of the molecule is N#CCC1(O)CN(c2ccc([N+](=O)[O-])c(-c3ccccc3)n2)C1. The predicted molar refractivity (Wildman–Crippen MR) is 83.7 cm³/mol. The van der Waals surface area contributed by atoms with Crippen molar-refractivity contribution in [2.45, 2.75) is 12.0 Å². The third kappa shape index (κ3) is 2.84. The molecule has 1 saturated heterocycles. The van der Waals surface area contributed by atoms with Gasteiger partial charge in [-0.1, -0.05) is 30.3 Å². The van der Waals surface area contributed by atoms with Gasteiger partial charge in [-0.05, 0) is 6.07 Å². The monoisotopic (exact) mass is 310 g/mol. The number of aliphatic hydroxyl groups is 1. The summed E-state index contributed by atoms with van der Waals surface area (Å²) < 4.78 is 0. The van der Waals surface area contributed by atoms with Gasteiger partial charge in [0, 0.05) is 11.6 Å². The number of anilines is 1. The van der Waals surface area contributed by atoms with Crippen molar-refractivity contribution in [2.75, 3.05) is 18.0 Å². The van der Waals surface area contributed by atoms with E-state index in [9.17, 15) is 15.2 Å². The zero-order chi connectivity index (χ0) is 16.4. The Hall–Kier alpha value is -2.98. The van der Waals surface area contributed by atoms with Crippen LogP contribution in [-0.2, 0) is 0 Å². The van der Waals surface area contributed by atoms with Gasteiger partial charge in [-0.2, -0.15) is 5.26 Å². The lowest BCUT2D eigenvalue weighted by Gasteiger charge is -2.46. The van der Waals surface area contributed by atoms with Crippen molar-refractivity contribution in [2.24, 2.45) is 0 Å². The average Bonchev–Trinajstić information content (AvgIpc) is 2.53. The number of β-amino-alcohol motifs (C(OH)–C–C–N with tert-alkyl or cyclic N) is 1. The first-order valence-electron chi connectivity index (χ1n) is 7.07. The molecule has 116 valence electrons. The van der Waals surface area contributed by atoms with Crippen molar-refractivity contribution in [3.8, 4) is 17.3 Å². The zero-order valence-corrected chi connectivity index (χ0v) is 12.2. The molecule has 0 bridgehead atoms. The molecule has 0 aliphatic carbocycles. The molecule has 0 amide bonds. The van der Waals surface area contributed by atoms with Crippen LogP contribution < -0.4 is 4.90 Å². The van der Waals surface area contributed by atoms with E-state index in [4.69, 9.17) is 5.26 Å². The fourth-order valence-electron chi connectivity index (χ4n) is 2.66. The molecule has 2 heterocycles. The Morgan fingerprint density at radius 3 is 2.61 bits per heavy atom. The van der Waals surface area contributed by atoms with Gasteiger partial charge in [0.15, 0.2) is 5.69 Å². The summed E-state index contributed by atoms with van der Waals surface area (Å²) in [6.07, 6.45) is 0.0576. The maximum atomic E-state index is 11.2. The largest absolute Gasteiger partial charge is 0.385 e. The second-order valence-corrected chi connectivity index (χ2v) is 5.58. The Morgan fingerprint density at radius 1 is 1.30 bits per heavy atom. The van der Waals surface area contributed by atoms with Gasteiger partial charge in [0.05, 0.1) is 30.5 Å². The Morgan fingerprint density at radius 2 is 2.00 bits per heavy atom. The highest BCUT2D eigenvalue weighted by Gasteiger charge is 2.42. The maximum absolute atomic E-state index is 11.2. The van der Waals surface area contributed by atoms with E-state index in [2.05, 4.69) is 4.98 Å². The van der Waals surface area contributed by atoms with Gasteiger partial charge in [-0.25, -0.2) is 4.98 Å². The van der Waals surface area contributed by atoms with Crippen molar-refractivity contribution in [3.05, 3.63) is 52.6 Å². The van der Waals surface area contributed by atoms with Gasteiger partial charge in [-0.15, -0.1) is 0 Å². The van der Waals surface area contributed by atoms with Crippen molar-refractivity contribution < 1.29 is 10.0 Å². The van der Waals surface area contributed by atoms with Crippen molar-refractivity contribution in [1.82, 2.24) is 4.98 Å². The van der Waals surface area contributed by atoms with Crippen LogP contribution in [0.5, 0.6) is 0 Å². The van der Waals surface area contributed by atoms with Crippen molar-refractivity contribution in [3.63, 3.8) is 0 Å². The molecule has 0 radical (unpaired) electrons. The molecule has 1 aromatic carbocycles.